The van der Waals surface area contributed by atoms with Gasteiger partial charge >= 0.3 is 0 Å². The van der Waals surface area contributed by atoms with Crippen molar-refractivity contribution in [3.05, 3.63) is 241 Å². The Morgan fingerprint density at radius 1 is 0.407 bits per heavy atom. The molecule has 2 aliphatic rings. The minimum absolute atomic E-state index is 0.0872. The van der Waals surface area contributed by atoms with Crippen LogP contribution in [-0.4, -0.2) is 4.57 Å². The molecule has 3 nitrogen and oxygen atoms in total. The lowest BCUT2D eigenvalue weighted by atomic mass is 9.70. The Balaban J connectivity index is 1.17. The molecule has 0 saturated heterocycles. The molecule has 10 aromatic rings. The van der Waals surface area contributed by atoms with Gasteiger partial charge in [-0.1, -0.05) is 146 Å². The lowest BCUT2D eigenvalue weighted by Gasteiger charge is -2.33. The molecule has 0 N–H and O–H groups in total. The normalized spacial score (nSPS) is 15.8. The van der Waals surface area contributed by atoms with Crippen LogP contribution in [0.5, 0.6) is 0 Å². The monoisotopic (exact) mass is 758 g/mol. The highest BCUT2D eigenvalue weighted by Gasteiger charge is 2.52. The summed E-state index contributed by atoms with van der Waals surface area (Å²) in [6.07, 6.45) is 0. The molecule has 1 unspecified atom stereocenters. The molecular formula is C56H39N3. The van der Waals surface area contributed by atoms with Crippen LogP contribution in [0.15, 0.2) is 218 Å². The molecule has 0 aliphatic heterocycles. The number of hydrogen-bond donors (Lipinski definition) is 0. The maximum Gasteiger partial charge on any atom is 0.0733 e. The quantitative estimate of drug-likeness (QED) is 0.167. The summed E-state index contributed by atoms with van der Waals surface area (Å²) in [5.41, 5.74) is 14.8. The van der Waals surface area contributed by atoms with Crippen molar-refractivity contribution >= 4 is 55.9 Å². The van der Waals surface area contributed by atoms with Crippen LogP contribution in [0.1, 0.15) is 29.1 Å². The zero-order valence-corrected chi connectivity index (χ0v) is 32.2. The third kappa shape index (κ3) is 4.76. The van der Waals surface area contributed by atoms with Crippen molar-refractivity contribution in [2.45, 2.75) is 5.41 Å². The Bertz CT molecular complexity index is 3470. The zero-order valence-electron chi connectivity index (χ0n) is 37.2. The second-order valence-electron chi connectivity index (χ2n) is 15.4. The summed E-state index contributed by atoms with van der Waals surface area (Å²) in [6.45, 7) is 0. The average molecular weight is 759 g/mol. The minimum atomic E-state index is -0.764. The number of anilines is 6. The van der Waals surface area contributed by atoms with Crippen molar-refractivity contribution in [3.8, 4) is 22.3 Å². The van der Waals surface area contributed by atoms with E-state index < -0.39 is 11.5 Å². The molecule has 1 aromatic heterocycles. The number of nitrogens with zero attached hydrogens (tertiary/aromatic N) is 3. The summed E-state index contributed by atoms with van der Waals surface area (Å²) in [5, 5.41) is 2.08. The summed E-state index contributed by atoms with van der Waals surface area (Å²) in [6, 6.07) is 64.1. The first-order valence-electron chi connectivity index (χ1n) is 22.5. The number of hydrogen-bond acceptors (Lipinski definition) is 2. The third-order valence-electron chi connectivity index (χ3n) is 12.5. The van der Waals surface area contributed by atoms with E-state index in [1.54, 1.807) is 0 Å². The lowest BCUT2D eigenvalue weighted by molar-refractivity contribution is 0.793. The highest BCUT2D eigenvalue weighted by Crippen LogP contribution is 2.64. The van der Waals surface area contributed by atoms with Crippen LogP contribution >= 0.6 is 0 Å². The molecular weight excluding hydrogens is 715 g/mol. The average Bonchev–Trinajstić information content (AvgIpc) is 3.93. The molecule has 0 saturated carbocycles. The van der Waals surface area contributed by atoms with Crippen LogP contribution in [-0.2, 0) is 12.5 Å². The molecule has 1 heterocycles. The Kier molecular flexibility index (Phi) is 6.31. The third-order valence-corrected chi connectivity index (χ3v) is 12.5. The molecule has 2 aliphatic carbocycles. The number of benzene rings is 9. The van der Waals surface area contributed by atoms with Gasteiger partial charge < -0.3 is 14.4 Å². The summed E-state index contributed by atoms with van der Waals surface area (Å²) >= 11 is 0. The van der Waals surface area contributed by atoms with Crippen LogP contribution in [0.3, 0.4) is 0 Å². The summed E-state index contributed by atoms with van der Waals surface area (Å²) < 4.78 is 47.3. The molecule has 59 heavy (non-hydrogen) atoms. The fourth-order valence-electron chi connectivity index (χ4n) is 10.1. The van der Waals surface area contributed by atoms with Gasteiger partial charge in [-0.05, 0) is 117 Å². The second-order valence-corrected chi connectivity index (χ2v) is 15.4. The second kappa shape index (κ2) is 13.0. The number of para-hydroxylation sites is 5. The van der Waals surface area contributed by atoms with Crippen molar-refractivity contribution in [1.29, 1.82) is 0 Å². The molecule has 1 spiro atoms. The Labute approximate surface area is 351 Å². The van der Waals surface area contributed by atoms with Crippen molar-refractivity contribution in [1.82, 2.24) is 4.57 Å². The van der Waals surface area contributed by atoms with E-state index in [1.807, 2.05) is 54.4 Å². The standard InChI is InChI=1S/C56H39N3/c1-57-53-30-16-13-26-47(53)48-27-17-31-54(55(48)57)59(40-22-9-4-10-23-40)42-33-35-46-44-25-12-15-29-50(44)56(52(46)37-42)49-28-14-11-24-43(49)45-34-32-41(36-51(45)56)58(38-18-5-2-6-19-38)39-20-7-3-8-21-39/h2-37H,1H3/i4D,9D,10D,22D,23D. The smallest absolute Gasteiger partial charge is 0.0733 e. The molecule has 0 fully saturated rings. The first kappa shape index (κ1) is 28.7. The SMILES string of the molecule is [2H]c1c([2H])c([2H])c(N(c2ccc3c(c2)C2(c4ccccc4-c4ccc(N(c5ccccc5)c5ccccc5)cc42)c2ccccc2-3)c2cccc3c4ccccc4n(C)c23)c([2H])c1[2H]. The Morgan fingerprint density at radius 2 is 0.915 bits per heavy atom. The largest absolute Gasteiger partial charge is 0.342 e. The van der Waals surface area contributed by atoms with Crippen LogP contribution in [0.4, 0.5) is 34.1 Å². The van der Waals surface area contributed by atoms with Gasteiger partial charge in [0.2, 0.25) is 0 Å². The van der Waals surface area contributed by atoms with Crippen LogP contribution < -0.4 is 9.80 Å². The van der Waals surface area contributed by atoms with E-state index in [0.717, 1.165) is 72.2 Å². The van der Waals surface area contributed by atoms with Crippen molar-refractivity contribution in [3.63, 3.8) is 0 Å². The molecule has 3 heteroatoms. The number of aryl methyl sites for hydroxylation is 1. The highest BCUT2D eigenvalue weighted by molar-refractivity contribution is 6.13. The van der Waals surface area contributed by atoms with Gasteiger partial charge in [-0.2, -0.15) is 0 Å². The molecule has 0 amide bonds. The molecule has 278 valence electrons. The fraction of sp³-hybridized carbons (Fsp3) is 0.0357. The minimum Gasteiger partial charge on any atom is -0.342 e. The topological polar surface area (TPSA) is 11.4 Å². The van der Waals surface area contributed by atoms with Gasteiger partial charge in [0.15, 0.2) is 0 Å². The first-order chi connectivity index (χ1) is 31.3. The number of fused-ring (bicyclic) bond motifs is 13. The van der Waals surface area contributed by atoms with E-state index >= 15 is 0 Å². The Hall–Kier alpha value is -7.62. The molecule has 9 aromatic carbocycles. The van der Waals surface area contributed by atoms with E-state index in [9.17, 15) is 2.74 Å². The van der Waals surface area contributed by atoms with Crippen molar-refractivity contribution in [2.24, 2.45) is 7.05 Å². The maximum absolute atomic E-state index is 9.43. The van der Waals surface area contributed by atoms with Crippen molar-refractivity contribution < 1.29 is 6.85 Å². The van der Waals surface area contributed by atoms with Gasteiger partial charge in [0.1, 0.15) is 0 Å². The lowest BCUT2D eigenvalue weighted by Crippen LogP contribution is -2.26. The predicted molar refractivity (Wildman–Crippen MR) is 246 cm³/mol. The summed E-state index contributed by atoms with van der Waals surface area (Å²) in [5.74, 6) is 0. The number of aromatic nitrogens is 1. The first-order valence-corrected chi connectivity index (χ1v) is 20.0. The molecule has 0 radical (unpaired) electrons. The maximum atomic E-state index is 9.43. The van der Waals surface area contributed by atoms with Gasteiger partial charge in [-0.25, -0.2) is 0 Å². The zero-order chi connectivity index (χ0) is 43.4. The van der Waals surface area contributed by atoms with E-state index in [-0.39, 0.29) is 29.9 Å². The summed E-state index contributed by atoms with van der Waals surface area (Å²) in [4.78, 5) is 4.20. The van der Waals surface area contributed by atoms with Gasteiger partial charge in [-0.3, -0.25) is 0 Å². The van der Waals surface area contributed by atoms with Gasteiger partial charge in [0, 0.05) is 51.8 Å². The highest BCUT2D eigenvalue weighted by atomic mass is 15.2. The summed E-state index contributed by atoms with van der Waals surface area (Å²) in [7, 11) is 2.03. The van der Waals surface area contributed by atoms with Gasteiger partial charge in [0.25, 0.3) is 0 Å². The molecule has 1 atom stereocenters. The molecule has 0 bridgehead atoms. The number of rotatable bonds is 6. The van der Waals surface area contributed by atoms with E-state index in [4.69, 9.17) is 4.11 Å². The van der Waals surface area contributed by atoms with Gasteiger partial charge in [0.05, 0.1) is 23.5 Å². The van der Waals surface area contributed by atoms with E-state index in [2.05, 4.69) is 155 Å². The van der Waals surface area contributed by atoms with E-state index in [0.29, 0.717) is 11.4 Å². The fourth-order valence-corrected chi connectivity index (χ4v) is 10.1. The van der Waals surface area contributed by atoms with Gasteiger partial charge in [-0.15, -0.1) is 0 Å². The van der Waals surface area contributed by atoms with Crippen LogP contribution in [0.25, 0.3) is 44.1 Å². The Morgan fingerprint density at radius 3 is 1.54 bits per heavy atom. The predicted octanol–water partition coefficient (Wildman–Crippen LogP) is 14.6. The molecule has 12 rings (SSSR count). The van der Waals surface area contributed by atoms with Crippen molar-refractivity contribution in [2.75, 3.05) is 9.80 Å². The van der Waals surface area contributed by atoms with Crippen LogP contribution in [0.2, 0.25) is 0 Å². The van der Waals surface area contributed by atoms with E-state index in [1.165, 1.54) is 11.1 Å². The van der Waals surface area contributed by atoms with Crippen LogP contribution in [0, 0.1) is 0 Å².